The van der Waals surface area contributed by atoms with Crippen molar-refractivity contribution in [1.29, 1.82) is 0 Å². The van der Waals surface area contributed by atoms with Gasteiger partial charge in [-0.15, -0.1) is 0 Å². The van der Waals surface area contributed by atoms with Crippen molar-refractivity contribution in [2.75, 3.05) is 7.11 Å². The van der Waals surface area contributed by atoms with Gasteiger partial charge in [-0.1, -0.05) is 13.3 Å². The molecular weight excluding hydrogens is 214 g/mol. The first-order valence-electron chi connectivity index (χ1n) is 5.10. The van der Waals surface area contributed by atoms with Crippen LogP contribution >= 0.6 is 0 Å². The van der Waals surface area contributed by atoms with Crippen molar-refractivity contribution in [3.8, 4) is 0 Å². The van der Waals surface area contributed by atoms with E-state index in [2.05, 4.69) is 10.1 Å². The van der Waals surface area contributed by atoms with Crippen molar-refractivity contribution in [2.24, 2.45) is 0 Å². The summed E-state index contributed by atoms with van der Waals surface area (Å²) in [6, 6.07) is -1.21. The van der Waals surface area contributed by atoms with Crippen molar-refractivity contribution in [2.45, 2.75) is 38.6 Å². The number of esters is 1. The molecule has 0 aliphatic rings. The molecule has 0 rings (SSSR count). The van der Waals surface area contributed by atoms with E-state index >= 15 is 0 Å². The topological polar surface area (TPSA) is 92.7 Å². The lowest BCUT2D eigenvalue weighted by molar-refractivity contribution is -0.148. The van der Waals surface area contributed by atoms with Crippen LogP contribution < -0.4 is 5.32 Å². The second kappa shape index (κ2) is 7.67. The van der Waals surface area contributed by atoms with Gasteiger partial charge in [-0.25, -0.2) is 4.79 Å². The highest BCUT2D eigenvalue weighted by Gasteiger charge is 2.23. The molecule has 1 amide bonds. The van der Waals surface area contributed by atoms with Crippen molar-refractivity contribution in [1.82, 2.24) is 5.32 Å². The number of carboxylic acids is 1. The minimum Gasteiger partial charge on any atom is -0.480 e. The molecule has 0 aromatic heterocycles. The molecule has 0 aliphatic heterocycles. The van der Waals surface area contributed by atoms with E-state index in [4.69, 9.17) is 5.11 Å². The van der Waals surface area contributed by atoms with Gasteiger partial charge in [0.05, 0.1) is 13.5 Å². The van der Waals surface area contributed by atoms with Crippen LogP contribution in [0.15, 0.2) is 0 Å². The van der Waals surface area contributed by atoms with Gasteiger partial charge in [0, 0.05) is 6.42 Å². The smallest absolute Gasteiger partial charge is 0.326 e. The Labute approximate surface area is 94.0 Å². The lowest BCUT2D eigenvalue weighted by atomic mass is 10.2. The van der Waals surface area contributed by atoms with Gasteiger partial charge in [0.2, 0.25) is 5.91 Å². The Morgan fingerprint density at radius 3 is 2.44 bits per heavy atom. The SMILES string of the molecule is CCCCC(=O)N[C@@H](CC(=O)OC)C(=O)O. The van der Waals surface area contributed by atoms with E-state index in [0.29, 0.717) is 6.42 Å². The largest absolute Gasteiger partial charge is 0.480 e. The number of unbranched alkanes of at least 4 members (excludes halogenated alkanes) is 1. The predicted molar refractivity (Wildman–Crippen MR) is 55.7 cm³/mol. The van der Waals surface area contributed by atoms with Gasteiger partial charge in [-0.2, -0.15) is 0 Å². The van der Waals surface area contributed by atoms with Crippen LogP contribution in [0.25, 0.3) is 0 Å². The number of nitrogens with one attached hydrogen (secondary N) is 1. The number of aliphatic carboxylic acids is 1. The molecule has 1 atom stereocenters. The molecule has 0 heterocycles. The number of hydrogen-bond donors (Lipinski definition) is 2. The Bertz CT molecular complexity index is 264. The fraction of sp³-hybridized carbons (Fsp3) is 0.700. The van der Waals surface area contributed by atoms with E-state index in [9.17, 15) is 14.4 Å². The van der Waals surface area contributed by atoms with E-state index in [0.717, 1.165) is 6.42 Å². The zero-order valence-corrected chi connectivity index (χ0v) is 9.49. The van der Waals surface area contributed by atoms with Crippen LogP contribution in [0.1, 0.15) is 32.6 Å². The van der Waals surface area contributed by atoms with E-state index in [-0.39, 0.29) is 18.7 Å². The molecule has 6 nitrogen and oxygen atoms in total. The third kappa shape index (κ3) is 6.00. The molecule has 16 heavy (non-hydrogen) atoms. The Morgan fingerprint density at radius 2 is 2.00 bits per heavy atom. The number of methoxy groups -OCH3 is 1. The minimum atomic E-state index is -1.24. The number of amides is 1. The maximum Gasteiger partial charge on any atom is 0.326 e. The van der Waals surface area contributed by atoms with Crippen LogP contribution in [0.3, 0.4) is 0 Å². The molecule has 0 aliphatic carbocycles. The summed E-state index contributed by atoms with van der Waals surface area (Å²) in [4.78, 5) is 32.9. The van der Waals surface area contributed by atoms with Crippen molar-refractivity contribution in [3.63, 3.8) is 0 Å². The summed E-state index contributed by atoms with van der Waals surface area (Å²) in [5.41, 5.74) is 0. The number of carbonyl (C=O) groups is 3. The molecule has 0 aromatic rings. The lowest BCUT2D eigenvalue weighted by Crippen LogP contribution is -2.42. The third-order valence-corrected chi connectivity index (χ3v) is 1.99. The number of rotatable bonds is 7. The fourth-order valence-electron chi connectivity index (χ4n) is 1.05. The summed E-state index contributed by atoms with van der Waals surface area (Å²) in [6.07, 6.45) is 1.45. The highest BCUT2D eigenvalue weighted by Crippen LogP contribution is 1.98. The van der Waals surface area contributed by atoms with E-state index in [1.54, 1.807) is 0 Å². The fourth-order valence-corrected chi connectivity index (χ4v) is 1.05. The number of ether oxygens (including phenoxy) is 1. The average molecular weight is 231 g/mol. The van der Waals surface area contributed by atoms with Crippen molar-refractivity contribution in [3.05, 3.63) is 0 Å². The molecule has 0 bridgehead atoms. The van der Waals surface area contributed by atoms with Gasteiger partial charge >= 0.3 is 11.9 Å². The lowest BCUT2D eigenvalue weighted by Gasteiger charge is -2.12. The van der Waals surface area contributed by atoms with Gasteiger partial charge in [0.1, 0.15) is 6.04 Å². The van der Waals surface area contributed by atoms with Crippen molar-refractivity contribution >= 4 is 17.8 Å². The first-order chi connectivity index (χ1) is 7.51. The molecule has 0 saturated carbocycles. The quantitative estimate of drug-likeness (QED) is 0.615. The minimum absolute atomic E-state index is 0.265. The molecule has 6 heteroatoms. The normalized spacial score (nSPS) is 11.6. The summed E-state index contributed by atoms with van der Waals surface area (Å²) >= 11 is 0. The van der Waals surface area contributed by atoms with Crippen LogP contribution in [-0.2, 0) is 19.1 Å². The van der Waals surface area contributed by atoms with E-state index in [1.807, 2.05) is 6.92 Å². The zero-order chi connectivity index (χ0) is 12.6. The van der Waals surface area contributed by atoms with Gasteiger partial charge in [-0.3, -0.25) is 9.59 Å². The Kier molecular flexibility index (Phi) is 6.91. The average Bonchev–Trinajstić information content (AvgIpc) is 2.24. The summed E-state index contributed by atoms with van der Waals surface area (Å²) in [7, 11) is 1.17. The summed E-state index contributed by atoms with van der Waals surface area (Å²) in [6.45, 7) is 1.93. The first kappa shape index (κ1) is 14.4. The molecule has 0 spiro atoms. The maximum absolute atomic E-state index is 11.3. The van der Waals surface area contributed by atoms with E-state index in [1.165, 1.54) is 7.11 Å². The van der Waals surface area contributed by atoms with Gasteiger partial charge in [0.25, 0.3) is 0 Å². The van der Waals surface area contributed by atoms with Crippen LogP contribution in [0.2, 0.25) is 0 Å². The molecule has 0 radical (unpaired) electrons. The first-order valence-corrected chi connectivity index (χ1v) is 5.10. The second-order valence-electron chi connectivity index (χ2n) is 3.34. The Hall–Kier alpha value is -1.59. The monoisotopic (exact) mass is 231 g/mol. The van der Waals surface area contributed by atoms with Gasteiger partial charge in [-0.05, 0) is 6.42 Å². The summed E-state index contributed by atoms with van der Waals surface area (Å²) in [5, 5.41) is 11.0. The molecule has 0 saturated heterocycles. The maximum atomic E-state index is 11.3. The van der Waals surface area contributed by atoms with Crippen molar-refractivity contribution < 1.29 is 24.2 Å². The van der Waals surface area contributed by atoms with E-state index < -0.39 is 18.0 Å². The van der Waals surface area contributed by atoms with Gasteiger partial charge in [0.15, 0.2) is 0 Å². The van der Waals surface area contributed by atoms with Crippen LogP contribution in [0.5, 0.6) is 0 Å². The van der Waals surface area contributed by atoms with Crippen LogP contribution in [0.4, 0.5) is 0 Å². The molecule has 92 valence electrons. The van der Waals surface area contributed by atoms with Crippen LogP contribution in [0, 0.1) is 0 Å². The Morgan fingerprint density at radius 1 is 1.38 bits per heavy atom. The number of carboxylic acid groups (broad SMARTS) is 1. The highest BCUT2D eigenvalue weighted by molar-refractivity contribution is 5.87. The third-order valence-electron chi connectivity index (χ3n) is 1.99. The predicted octanol–water partition coefficient (Wildman–Crippen LogP) is 0.309. The molecule has 0 unspecified atom stereocenters. The Balaban J connectivity index is 4.17. The number of hydrogen-bond acceptors (Lipinski definition) is 4. The second-order valence-corrected chi connectivity index (χ2v) is 3.34. The van der Waals surface area contributed by atoms with Crippen LogP contribution in [-0.4, -0.2) is 36.1 Å². The molecule has 0 aromatic carbocycles. The standard InChI is InChI=1S/C10H17NO5/c1-3-4-5-8(12)11-7(10(14)15)6-9(13)16-2/h7H,3-6H2,1-2H3,(H,11,12)(H,14,15)/t7-/m0/s1. The zero-order valence-electron chi connectivity index (χ0n) is 9.49. The summed E-state index contributed by atoms with van der Waals surface area (Å²) in [5.74, 6) is -2.27. The summed E-state index contributed by atoms with van der Waals surface area (Å²) < 4.78 is 4.34. The highest BCUT2D eigenvalue weighted by atomic mass is 16.5. The molecule has 2 N–H and O–H groups in total. The van der Waals surface area contributed by atoms with Gasteiger partial charge < -0.3 is 15.2 Å². The molecule has 0 fully saturated rings. The number of carbonyl (C=O) groups excluding carboxylic acids is 2. The molecular formula is C10H17NO5.